The number of nitrogens with one attached hydrogen (secondary N) is 1. The van der Waals surface area contributed by atoms with Gasteiger partial charge in [-0.3, -0.25) is 0 Å². The minimum atomic E-state index is -0.233. The molecule has 1 N–H and O–H groups in total. The predicted molar refractivity (Wildman–Crippen MR) is 97.0 cm³/mol. The van der Waals surface area contributed by atoms with Gasteiger partial charge in [-0.05, 0) is 56.2 Å². The molecule has 0 fully saturated rings. The Morgan fingerprint density at radius 2 is 2.00 bits per heavy atom. The van der Waals surface area contributed by atoms with Crippen LogP contribution in [0.2, 0.25) is 0 Å². The van der Waals surface area contributed by atoms with Crippen molar-refractivity contribution in [1.82, 2.24) is 15.0 Å². The highest BCUT2D eigenvalue weighted by molar-refractivity contribution is 7.16. The Hall–Kier alpha value is -2.60. The van der Waals surface area contributed by atoms with Crippen molar-refractivity contribution in [3.8, 4) is 10.6 Å². The fraction of sp³-hybridized carbons (Fsp3) is 0.167. The van der Waals surface area contributed by atoms with E-state index in [9.17, 15) is 4.39 Å². The Morgan fingerprint density at radius 3 is 2.67 bits per heavy atom. The van der Waals surface area contributed by atoms with E-state index in [1.54, 1.807) is 36.6 Å². The Bertz CT molecular complexity index is 917. The summed E-state index contributed by atoms with van der Waals surface area (Å²) in [5.41, 5.74) is 3.97. The molecule has 0 radical (unpaired) electrons. The number of hydrogen-bond donors (Lipinski definition) is 1. The first-order chi connectivity index (χ1) is 11.4. The lowest BCUT2D eigenvalue weighted by Crippen LogP contribution is -1.98. The number of nitrogens with zero attached hydrogens (tertiary/aromatic N) is 3. The largest absolute Gasteiger partial charge is 0.324 e. The van der Waals surface area contributed by atoms with Gasteiger partial charge in [-0.25, -0.2) is 19.3 Å². The standard InChI is InChI=1S/C18H17FN4S/c1-10(2)17-21-12(4)16(24-17)15-7-8-20-18(23-15)22-13-5-6-14(19)11(3)9-13/h5-9H,1H2,2-4H3,(H,20,22,23). The van der Waals surface area contributed by atoms with E-state index in [1.807, 2.05) is 19.9 Å². The molecule has 3 rings (SSSR count). The number of halogens is 1. The Balaban J connectivity index is 1.91. The zero-order valence-electron chi connectivity index (χ0n) is 13.7. The number of thiazole rings is 1. The maximum Gasteiger partial charge on any atom is 0.227 e. The first-order valence-corrected chi connectivity index (χ1v) is 8.25. The van der Waals surface area contributed by atoms with E-state index in [4.69, 9.17) is 0 Å². The molecule has 4 nitrogen and oxygen atoms in total. The van der Waals surface area contributed by atoms with Crippen LogP contribution in [0, 0.1) is 19.7 Å². The van der Waals surface area contributed by atoms with Crippen LogP contribution in [0.5, 0.6) is 0 Å². The molecule has 0 saturated carbocycles. The lowest BCUT2D eigenvalue weighted by molar-refractivity contribution is 0.619. The fourth-order valence-corrected chi connectivity index (χ4v) is 3.18. The Kier molecular flexibility index (Phi) is 4.40. The number of anilines is 2. The number of allylic oxidation sites excluding steroid dienone is 1. The van der Waals surface area contributed by atoms with E-state index in [0.717, 1.165) is 32.5 Å². The first-order valence-electron chi connectivity index (χ1n) is 7.44. The molecule has 0 amide bonds. The quantitative estimate of drug-likeness (QED) is 0.715. The van der Waals surface area contributed by atoms with Gasteiger partial charge in [-0.2, -0.15) is 0 Å². The maximum absolute atomic E-state index is 13.4. The SMILES string of the molecule is C=C(C)c1nc(C)c(-c2ccnc(Nc3ccc(F)c(C)c3)n2)s1. The fourth-order valence-electron chi connectivity index (χ4n) is 2.21. The highest BCUT2D eigenvalue weighted by Gasteiger charge is 2.12. The van der Waals surface area contributed by atoms with E-state index in [-0.39, 0.29) is 5.82 Å². The molecule has 0 bridgehead atoms. The highest BCUT2D eigenvalue weighted by atomic mass is 32.1. The molecule has 0 unspecified atom stereocenters. The minimum absolute atomic E-state index is 0.233. The number of hydrogen-bond acceptors (Lipinski definition) is 5. The summed E-state index contributed by atoms with van der Waals surface area (Å²) in [6, 6.07) is 6.66. The minimum Gasteiger partial charge on any atom is -0.324 e. The summed E-state index contributed by atoms with van der Waals surface area (Å²) in [6.45, 7) is 9.55. The second-order valence-corrected chi connectivity index (χ2v) is 6.57. The summed E-state index contributed by atoms with van der Waals surface area (Å²) in [4.78, 5) is 14.3. The molecule has 6 heteroatoms. The number of rotatable bonds is 4. The molecule has 2 heterocycles. The normalized spacial score (nSPS) is 10.7. The topological polar surface area (TPSA) is 50.7 Å². The van der Waals surface area contributed by atoms with Crippen molar-refractivity contribution in [3.63, 3.8) is 0 Å². The number of benzene rings is 1. The van der Waals surface area contributed by atoms with Crippen LogP contribution in [0.3, 0.4) is 0 Å². The van der Waals surface area contributed by atoms with Crippen LogP contribution in [0.15, 0.2) is 37.0 Å². The molecule has 0 atom stereocenters. The van der Waals surface area contributed by atoms with Crippen molar-refractivity contribution in [2.75, 3.05) is 5.32 Å². The van der Waals surface area contributed by atoms with Crippen molar-refractivity contribution in [3.05, 3.63) is 59.1 Å². The molecular formula is C18H17FN4S. The van der Waals surface area contributed by atoms with Gasteiger partial charge >= 0.3 is 0 Å². The molecule has 0 aliphatic carbocycles. The maximum atomic E-state index is 13.4. The summed E-state index contributed by atoms with van der Waals surface area (Å²) in [7, 11) is 0. The third-order valence-electron chi connectivity index (χ3n) is 3.46. The molecule has 24 heavy (non-hydrogen) atoms. The monoisotopic (exact) mass is 340 g/mol. The second-order valence-electron chi connectivity index (χ2n) is 5.57. The van der Waals surface area contributed by atoms with Gasteiger partial charge in [0.1, 0.15) is 10.8 Å². The first kappa shape index (κ1) is 16.3. The van der Waals surface area contributed by atoms with Crippen LogP contribution in [0.4, 0.5) is 16.0 Å². The number of aromatic nitrogens is 3. The average molecular weight is 340 g/mol. The van der Waals surface area contributed by atoms with Gasteiger partial charge in [0.15, 0.2) is 0 Å². The molecule has 0 aliphatic heterocycles. The molecule has 122 valence electrons. The smallest absolute Gasteiger partial charge is 0.227 e. The zero-order valence-corrected chi connectivity index (χ0v) is 14.5. The Labute approximate surface area is 144 Å². The van der Waals surface area contributed by atoms with Crippen molar-refractivity contribution in [1.29, 1.82) is 0 Å². The molecular weight excluding hydrogens is 323 g/mol. The van der Waals surface area contributed by atoms with Crippen molar-refractivity contribution in [2.45, 2.75) is 20.8 Å². The van der Waals surface area contributed by atoms with Crippen LogP contribution in [0.1, 0.15) is 23.2 Å². The molecule has 3 aromatic rings. The summed E-state index contributed by atoms with van der Waals surface area (Å²) < 4.78 is 13.4. The summed E-state index contributed by atoms with van der Waals surface area (Å²) in [5.74, 6) is 0.228. The summed E-state index contributed by atoms with van der Waals surface area (Å²) >= 11 is 1.56. The molecule has 2 aromatic heterocycles. The van der Waals surface area contributed by atoms with Crippen LogP contribution in [-0.2, 0) is 0 Å². The van der Waals surface area contributed by atoms with Crippen LogP contribution >= 0.6 is 11.3 Å². The molecule has 1 aromatic carbocycles. The van der Waals surface area contributed by atoms with E-state index in [1.165, 1.54) is 6.07 Å². The van der Waals surface area contributed by atoms with Gasteiger partial charge in [-0.1, -0.05) is 6.58 Å². The lowest BCUT2D eigenvalue weighted by Gasteiger charge is -2.07. The summed E-state index contributed by atoms with van der Waals surface area (Å²) in [5, 5.41) is 4.02. The highest BCUT2D eigenvalue weighted by Crippen LogP contribution is 2.31. The van der Waals surface area contributed by atoms with E-state index >= 15 is 0 Å². The van der Waals surface area contributed by atoms with Gasteiger partial charge in [0.2, 0.25) is 5.95 Å². The molecule has 0 saturated heterocycles. The van der Waals surface area contributed by atoms with Crippen LogP contribution in [0.25, 0.3) is 16.1 Å². The van der Waals surface area contributed by atoms with Gasteiger partial charge in [0.25, 0.3) is 0 Å². The lowest BCUT2D eigenvalue weighted by atomic mass is 10.2. The second kappa shape index (κ2) is 6.49. The molecule has 0 spiro atoms. The molecule has 0 aliphatic rings. The number of aryl methyl sites for hydroxylation is 2. The zero-order chi connectivity index (χ0) is 17.3. The van der Waals surface area contributed by atoms with Gasteiger partial charge in [0, 0.05) is 11.9 Å². The van der Waals surface area contributed by atoms with Crippen LogP contribution < -0.4 is 5.32 Å². The van der Waals surface area contributed by atoms with Gasteiger partial charge in [-0.15, -0.1) is 11.3 Å². The van der Waals surface area contributed by atoms with E-state index < -0.39 is 0 Å². The summed E-state index contributed by atoms with van der Waals surface area (Å²) in [6.07, 6.45) is 1.70. The van der Waals surface area contributed by atoms with E-state index in [2.05, 4.69) is 26.8 Å². The Morgan fingerprint density at radius 1 is 1.21 bits per heavy atom. The van der Waals surface area contributed by atoms with Gasteiger partial charge in [0.05, 0.1) is 16.3 Å². The van der Waals surface area contributed by atoms with Crippen molar-refractivity contribution < 1.29 is 4.39 Å². The third-order valence-corrected chi connectivity index (χ3v) is 4.81. The van der Waals surface area contributed by atoms with Crippen molar-refractivity contribution in [2.24, 2.45) is 0 Å². The van der Waals surface area contributed by atoms with Crippen molar-refractivity contribution >= 4 is 28.5 Å². The average Bonchev–Trinajstić information content (AvgIpc) is 2.93. The third kappa shape index (κ3) is 3.33. The predicted octanol–water partition coefficient (Wildman–Crippen LogP) is 5.13. The van der Waals surface area contributed by atoms with E-state index in [0.29, 0.717) is 11.5 Å². The van der Waals surface area contributed by atoms with Crippen LogP contribution in [-0.4, -0.2) is 15.0 Å². The van der Waals surface area contributed by atoms with Gasteiger partial charge < -0.3 is 5.32 Å².